The van der Waals surface area contributed by atoms with E-state index < -0.39 is 56.5 Å². The van der Waals surface area contributed by atoms with E-state index in [1.807, 2.05) is 0 Å². The van der Waals surface area contributed by atoms with Gasteiger partial charge in [-0.05, 0) is 54.4 Å². The van der Waals surface area contributed by atoms with Crippen molar-refractivity contribution in [2.24, 2.45) is 0 Å². The molecule has 0 saturated carbocycles. The van der Waals surface area contributed by atoms with Crippen molar-refractivity contribution >= 4 is 45.4 Å². The standard InChI is InChI=1S/C32H31ClF3N3O9S/c1-37(2)29(42)25-15-20(41)17-38(25)31(23-13-18(11-12-40)5-9-26(23)47-4)22-14-19(33)6-8-24(22)39(30(31)43)49(44,45)28-10-7-21(46-3)16-27(28)48-32(34,35)36/h5-10,12-14,16,20,25,41H,11,15,17H2,1-4H3/t20-,25+,31?/m1/s1. The molecule has 0 bridgehead atoms. The largest absolute Gasteiger partial charge is 0.573 e. The number of hydrogen-bond donors (Lipinski definition) is 1. The molecule has 49 heavy (non-hydrogen) atoms. The lowest BCUT2D eigenvalue weighted by Crippen LogP contribution is -2.59. The summed E-state index contributed by atoms with van der Waals surface area (Å²) in [7, 11) is 0.0950. The molecule has 262 valence electrons. The van der Waals surface area contributed by atoms with E-state index in [1.54, 1.807) is 6.07 Å². The van der Waals surface area contributed by atoms with Crippen LogP contribution in [-0.4, -0.2) is 94.8 Å². The fourth-order valence-corrected chi connectivity index (χ4v) is 8.12. The Labute approximate surface area is 284 Å². The van der Waals surface area contributed by atoms with E-state index in [0.29, 0.717) is 22.2 Å². The van der Waals surface area contributed by atoms with Gasteiger partial charge in [-0.25, -0.2) is 12.7 Å². The zero-order chi connectivity index (χ0) is 36.1. The van der Waals surface area contributed by atoms with Crippen molar-refractivity contribution in [1.29, 1.82) is 0 Å². The van der Waals surface area contributed by atoms with E-state index >= 15 is 4.79 Å². The Morgan fingerprint density at radius 1 is 1.06 bits per heavy atom. The number of halogens is 4. The molecule has 1 unspecified atom stereocenters. The van der Waals surface area contributed by atoms with Crippen LogP contribution in [0.1, 0.15) is 23.1 Å². The zero-order valence-corrected chi connectivity index (χ0v) is 28.1. The number of β-amino-alcohol motifs (C(OH)–C–C–N with tert-alkyl or cyclic N) is 1. The first-order chi connectivity index (χ1) is 23.0. The van der Waals surface area contributed by atoms with Crippen molar-refractivity contribution in [2.45, 2.75) is 41.8 Å². The van der Waals surface area contributed by atoms with E-state index in [4.69, 9.17) is 21.1 Å². The number of aliphatic hydroxyl groups excluding tert-OH is 1. The Bertz CT molecular complexity index is 1930. The van der Waals surface area contributed by atoms with Crippen molar-refractivity contribution in [3.05, 3.63) is 76.3 Å². The van der Waals surface area contributed by atoms with Crippen LogP contribution in [0.2, 0.25) is 5.02 Å². The van der Waals surface area contributed by atoms with Crippen LogP contribution in [-0.2, 0) is 36.4 Å². The third-order valence-corrected chi connectivity index (χ3v) is 10.3. The third kappa shape index (κ3) is 6.17. The number of fused-ring (bicyclic) bond motifs is 1. The Kier molecular flexibility index (Phi) is 9.64. The highest BCUT2D eigenvalue weighted by Crippen LogP contribution is 2.55. The molecule has 12 nitrogen and oxygen atoms in total. The van der Waals surface area contributed by atoms with Crippen LogP contribution in [0.5, 0.6) is 17.2 Å². The molecular formula is C32H31ClF3N3O9S. The lowest BCUT2D eigenvalue weighted by molar-refractivity contribution is -0.275. The average Bonchev–Trinajstić information content (AvgIpc) is 3.54. The molecule has 0 spiro atoms. The third-order valence-electron chi connectivity index (χ3n) is 8.36. The monoisotopic (exact) mass is 725 g/mol. The number of amides is 2. The molecule has 17 heteroatoms. The Balaban J connectivity index is 1.89. The molecule has 3 atom stereocenters. The van der Waals surface area contributed by atoms with Gasteiger partial charge in [0.15, 0.2) is 11.3 Å². The van der Waals surface area contributed by atoms with Crippen molar-refractivity contribution < 1.29 is 55.3 Å². The number of aliphatic hydroxyl groups is 1. The summed E-state index contributed by atoms with van der Waals surface area (Å²) in [5.74, 6) is -3.08. The molecule has 1 fully saturated rings. The SMILES string of the molecule is COc1ccc(S(=O)(=O)N2C(=O)C(c3cc(CC=O)ccc3OC)(N3C[C@H](O)C[C@H]3C(=O)N(C)C)c3cc(Cl)ccc32)c(OC(F)(F)F)c1. The number of likely N-dealkylation sites (N-methyl/N-ethyl adjacent to an activating group) is 1. The molecule has 2 aliphatic rings. The number of sulfonamides is 1. The smallest absolute Gasteiger partial charge is 0.497 e. The summed E-state index contributed by atoms with van der Waals surface area (Å²) in [6.45, 7) is -0.331. The van der Waals surface area contributed by atoms with Gasteiger partial charge in [0.05, 0.1) is 32.1 Å². The van der Waals surface area contributed by atoms with E-state index in [1.165, 1.54) is 61.3 Å². The average molecular weight is 726 g/mol. The lowest BCUT2D eigenvalue weighted by Gasteiger charge is -2.42. The van der Waals surface area contributed by atoms with Gasteiger partial charge in [0, 0.05) is 49.3 Å². The Morgan fingerprint density at radius 2 is 1.78 bits per heavy atom. The summed E-state index contributed by atoms with van der Waals surface area (Å²) in [6.07, 6.45) is -6.19. The van der Waals surface area contributed by atoms with Crippen LogP contribution in [0.15, 0.2) is 59.5 Å². The Hall–Kier alpha value is -4.38. The van der Waals surface area contributed by atoms with Gasteiger partial charge in [-0.3, -0.25) is 14.5 Å². The molecular weight excluding hydrogens is 695 g/mol. The van der Waals surface area contributed by atoms with Crippen LogP contribution in [0.3, 0.4) is 0 Å². The number of aldehydes is 1. The van der Waals surface area contributed by atoms with E-state index in [2.05, 4.69) is 4.74 Å². The molecule has 2 amide bonds. The number of ether oxygens (including phenoxy) is 3. The Morgan fingerprint density at radius 3 is 2.39 bits per heavy atom. The number of methoxy groups -OCH3 is 2. The van der Waals surface area contributed by atoms with Gasteiger partial charge >= 0.3 is 6.36 Å². The minimum atomic E-state index is -5.33. The van der Waals surface area contributed by atoms with Gasteiger partial charge in [0.2, 0.25) is 5.91 Å². The molecule has 0 aliphatic carbocycles. The minimum Gasteiger partial charge on any atom is -0.497 e. The second-order valence-corrected chi connectivity index (χ2v) is 13.7. The van der Waals surface area contributed by atoms with Crippen LogP contribution in [0.25, 0.3) is 0 Å². The summed E-state index contributed by atoms with van der Waals surface area (Å²) in [5.41, 5.74) is -2.30. The van der Waals surface area contributed by atoms with Gasteiger partial charge in [-0.2, -0.15) is 0 Å². The molecule has 2 aliphatic heterocycles. The van der Waals surface area contributed by atoms with Gasteiger partial charge in [-0.1, -0.05) is 17.7 Å². The topological polar surface area (TPSA) is 143 Å². The molecule has 5 rings (SSSR count). The number of carbonyl (C=O) groups excluding carboxylic acids is 3. The molecule has 2 heterocycles. The number of benzene rings is 3. The second kappa shape index (κ2) is 13.2. The zero-order valence-electron chi connectivity index (χ0n) is 26.5. The predicted octanol–water partition coefficient (Wildman–Crippen LogP) is 3.50. The maximum Gasteiger partial charge on any atom is 0.573 e. The van der Waals surface area contributed by atoms with Crippen LogP contribution >= 0.6 is 11.6 Å². The normalized spacial score (nSPS) is 21.0. The van der Waals surface area contributed by atoms with Crippen molar-refractivity contribution in [3.63, 3.8) is 0 Å². The first kappa shape index (κ1) is 35.9. The maximum atomic E-state index is 15.3. The molecule has 3 aromatic carbocycles. The highest BCUT2D eigenvalue weighted by atomic mass is 35.5. The van der Waals surface area contributed by atoms with Crippen molar-refractivity contribution in [3.8, 4) is 17.2 Å². The van der Waals surface area contributed by atoms with Gasteiger partial charge in [0.1, 0.15) is 22.7 Å². The van der Waals surface area contributed by atoms with Gasteiger partial charge in [0.25, 0.3) is 15.9 Å². The van der Waals surface area contributed by atoms with Crippen LogP contribution in [0.4, 0.5) is 18.9 Å². The minimum absolute atomic E-state index is 0.00674. The number of anilines is 1. The molecule has 3 aromatic rings. The number of rotatable bonds is 10. The highest BCUT2D eigenvalue weighted by Gasteiger charge is 2.64. The van der Waals surface area contributed by atoms with E-state index in [-0.39, 0.29) is 52.7 Å². The number of alkyl halides is 3. The second-order valence-electron chi connectivity index (χ2n) is 11.5. The number of nitrogens with zero attached hydrogens (tertiary/aromatic N) is 3. The first-order valence-electron chi connectivity index (χ1n) is 14.6. The summed E-state index contributed by atoms with van der Waals surface area (Å²) < 4.78 is 85.0. The van der Waals surface area contributed by atoms with E-state index in [9.17, 15) is 36.3 Å². The van der Waals surface area contributed by atoms with Crippen molar-refractivity contribution in [1.82, 2.24) is 9.80 Å². The number of likely N-dealkylation sites (tertiary alicyclic amines) is 1. The van der Waals surface area contributed by atoms with E-state index in [0.717, 1.165) is 19.2 Å². The lowest BCUT2D eigenvalue weighted by atomic mass is 9.80. The summed E-state index contributed by atoms with van der Waals surface area (Å²) in [4.78, 5) is 42.2. The van der Waals surface area contributed by atoms with Crippen LogP contribution < -0.4 is 18.5 Å². The molecule has 0 radical (unpaired) electrons. The highest BCUT2D eigenvalue weighted by molar-refractivity contribution is 7.93. The van der Waals surface area contributed by atoms with Gasteiger partial charge in [-0.15, -0.1) is 13.2 Å². The van der Waals surface area contributed by atoms with Crippen molar-refractivity contribution in [2.75, 3.05) is 39.2 Å². The molecule has 1 saturated heterocycles. The predicted molar refractivity (Wildman–Crippen MR) is 169 cm³/mol. The number of hydrogen-bond acceptors (Lipinski definition) is 10. The maximum absolute atomic E-state index is 15.3. The molecule has 1 N–H and O–H groups in total. The summed E-state index contributed by atoms with van der Waals surface area (Å²) in [5, 5.41) is 11.0. The van der Waals surface area contributed by atoms with Gasteiger partial charge < -0.3 is 29.0 Å². The molecule has 0 aromatic heterocycles. The quantitative estimate of drug-likeness (QED) is 0.309. The van der Waals surface area contributed by atoms with Crippen LogP contribution in [0, 0.1) is 0 Å². The summed E-state index contributed by atoms with van der Waals surface area (Å²) in [6, 6.07) is 9.64. The first-order valence-corrected chi connectivity index (χ1v) is 16.4. The fourth-order valence-electron chi connectivity index (χ4n) is 6.39. The summed E-state index contributed by atoms with van der Waals surface area (Å²) >= 11 is 6.48. The fraction of sp³-hybridized carbons (Fsp3) is 0.344. The number of carbonyl (C=O) groups is 3.